The van der Waals surface area contributed by atoms with Crippen LogP contribution in [0.4, 0.5) is 0 Å². The largest absolute Gasteiger partial charge is 0.405 e. The molecule has 1 amide bonds. The van der Waals surface area contributed by atoms with Gasteiger partial charge < -0.3 is 9.33 Å². The first-order chi connectivity index (χ1) is 9.54. The van der Waals surface area contributed by atoms with E-state index in [1.165, 1.54) is 0 Å². The lowest BCUT2D eigenvalue weighted by Gasteiger charge is -2.37. The molecule has 1 aliphatic heterocycles. The van der Waals surface area contributed by atoms with E-state index in [0.29, 0.717) is 6.54 Å². The van der Waals surface area contributed by atoms with Gasteiger partial charge in [-0.3, -0.25) is 9.69 Å². The molecule has 0 radical (unpaired) electrons. The number of likely N-dealkylation sites (tertiary alicyclic amines) is 1. The molecule has 0 aromatic carbocycles. The first kappa shape index (κ1) is 18.2. The van der Waals surface area contributed by atoms with Gasteiger partial charge in [0.2, 0.25) is 0 Å². The van der Waals surface area contributed by atoms with Crippen LogP contribution in [0.2, 0.25) is 18.1 Å². The fraction of sp³-hybridized carbons (Fsp3) is 0.812. The molecule has 21 heavy (non-hydrogen) atoms. The van der Waals surface area contributed by atoms with Crippen LogP contribution in [0.25, 0.3) is 0 Å². The van der Waals surface area contributed by atoms with Gasteiger partial charge in [-0.1, -0.05) is 32.6 Å². The van der Waals surface area contributed by atoms with Gasteiger partial charge >= 0.3 is 0 Å². The van der Waals surface area contributed by atoms with E-state index >= 15 is 0 Å². The van der Waals surface area contributed by atoms with E-state index in [2.05, 4.69) is 45.7 Å². The Morgan fingerprint density at radius 1 is 1.33 bits per heavy atom. The van der Waals surface area contributed by atoms with Crippen LogP contribution in [0.15, 0.2) is 0 Å². The smallest absolute Gasteiger partial charge is 0.251 e. The van der Waals surface area contributed by atoms with Crippen LogP contribution in [0.5, 0.6) is 0 Å². The minimum absolute atomic E-state index is 0.110. The molecule has 120 valence electrons. The summed E-state index contributed by atoms with van der Waals surface area (Å²) in [7, 11) is 2.09. The summed E-state index contributed by atoms with van der Waals surface area (Å²) < 4.78 is 6.24. The summed E-state index contributed by atoms with van der Waals surface area (Å²) in [5.41, 5.74) is 0. The van der Waals surface area contributed by atoms with Crippen molar-refractivity contribution in [3.05, 3.63) is 0 Å². The molecule has 1 atom stereocenters. The Bertz CT molecular complexity index is 430. The molecule has 1 rings (SSSR count). The highest BCUT2D eigenvalue weighted by molar-refractivity contribution is 6.74. The van der Waals surface area contributed by atoms with E-state index in [9.17, 15) is 4.79 Å². The lowest BCUT2D eigenvalue weighted by atomic mass is 10.2. The van der Waals surface area contributed by atoms with Gasteiger partial charge in [0.15, 0.2) is 8.32 Å². The Morgan fingerprint density at radius 2 is 1.95 bits per heavy atom. The third kappa shape index (κ3) is 5.13. The van der Waals surface area contributed by atoms with Crippen LogP contribution >= 0.6 is 0 Å². The van der Waals surface area contributed by atoms with E-state index in [-0.39, 0.29) is 17.0 Å². The highest BCUT2D eigenvalue weighted by Gasteiger charge is 2.43. The predicted octanol–water partition coefficient (Wildman–Crippen LogP) is 2.17. The summed E-state index contributed by atoms with van der Waals surface area (Å²) in [6.45, 7) is 13.0. The fourth-order valence-corrected chi connectivity index (χ4v) is 3.16. The van der Waals surface area contributed by atoms with Crippen molar-refractivity contribution in [2.45, 2.75) is 51.4 Å². The van der Waals surface area contributed by atoms with Crippen LogP contribution in [-0.4, -0.2) is 63.9 Å². The summed E-state index contributed by atoms with van der Waals surface area (Å²) in [5, 5.41) is 0.131. The monoisotopic (exact) mass is 310 g/mol. The lowest BCUT2D eigenvalue weighted by molar-refractivity contribution is -0.133. The van der Waals surface area contributed by atoms with E-state index in [4.69, 9.17) is 4.43 Å². The molecule has 1 aliphatic rings. The summed E-state index contributed by atoms with van der Waals surface area (Å²) in [6.07, 6.45) is 0.530. The highest BCUT2D eigenvalue weighted by Crippen LogP contribution is 2.38. The van der Waals surface area contributed by atoms with E-state index < -0.39 is 8.32 Å². The summed E-state index contributed by atoms with van der Waals surface area (Å²) in [4.78, 5) is 16.2. The Hall–Kier alpha value is -0.833. The van der Waals surface area contributed by atoms with Gasteiger partial charge in [0.1, 0.15) is 6.10 Å². The Morgan fingerprint density at radius 3 is 2.48 bits per heavy atom. The number of amides is 1. The number of carbonyl (C=O) groups excluding carboxylic acids is 1. The van der Waals surface area contributed by atoms with Crippen molar-refractivity contribution >= 4 is 14.2 Å². The molecule has 0 N–H and O–H groups in total. The zero-order valence-corrected chi connectivity index (χ0v) is 15.6. The van der Waals surface area contributed by atoms with E-state index in [0.717, 1.165) is 19.5 Å². The number of carbonyl (C=O) groups is 1. The Balaban J connectivity index is 2.55. The molecule has 0 aliphatic carbocycles. The zero-order chi connectivity index (χ0) is 16.3. The molecular formula is C16H30N2O2Si. The van der Waals surface area contributed by atoms with Crippen molar-refractivity contribution in [1.82, 2.24) is 9.80 Å². The normalized spacial score (nSPS) is 19.9. The molecule has 4 nitrogen and oxygen atoms in total. The number of hydrogen-bond acceptors (Lipinski definition) is 3. The molecule has 0 spiro atoms. The van der Waals surface area contributed by atoms with E-state index in [1.54, 1.807) is 0 Å². The maximum Gasteiger partial charge on any atom is 0.251 e. The van der Waals surface area contributed by atoms with Crippen molar-refractivity contribution < 1.29 is 9.22 Å². The molecule has 1 fully saturated rings. The van der Waals surface area contributed by atoms with Crippen molar-refractivity contribution in [3.63, 3.8) is 0 Å². The molecule has 1 heterocycles. The first-order valence-electron chi connectivity index (χ1n) is 7.61. The fourth-order valence-electron chi connectivity index (χ4n) is 1.87. The third-order valence-corrected chi connectivity index (χ3v) is 8.77. The maximum atomic E-state index is 12.4. The van der Waals surface area contributed by atoms with Crippen LogP contribution in [0.3, 0.4) is 0 Å². The van der Waals surface area contributed by atoms with Crippen molar-refractivity contribution in [2.24, 2.45) is 0 Å². The molecular weight excluding hydrogens is 280 g/mol. The first-order valence-corrected chi connectivity index (χ1v) is 10.5. The van der Waals surface area contributed by atoms with Gasteiger partial charge in [0, 0.05) is 6.54 Å². The minimum atomic E-state index is -1.88. The maximum absolute atomic E-state index is 12.4. The average molecular weight is 311 g/mol. The van der Waals surface area contributed by atoms with Crippen molar-refractivity contribution in [3.8, 4) is 11.8 Å². The van der Waals surface area contributed by atoms with Crippen LogP contribution in [0.1, 0.15) is 27.2 Å². The number of hydrogen-bond donors (Lipinski definition) is 0. The van der Waals surface area contributed by atoms with Crippen LogP contribution in [-0.2, 0) is 9.22 Å². The van der Waals surface area contributed by atoms with Gasteiger partial charge in [-0.2, -0.15) is 0 Å². The standard InChI is InChI=1S/C16H30N2O2Si/c1-16(2,3)21(6,7)20-14-10-13-18(15(14)19)12-9-8-11-17(4)5/h14H,10-13H2,1-7H3. The Labute approximate surface area is 131 Å². The lowest BCUT2D eigenvalue weighted by Crippen LogP contribution is -2.46. The van der Waals surface area contributed by atoms with Crippen molar-refractivity contribution in [2.75, 3.05) is 33.7 Å². The van der Waals surface area contributed by atoms with Gasteiger partial charge in [0.25, 0.3) is 5.91 Å². The molecule has 0 aromatic heterocycles. The second kappa shape index (κ2) is 6.95. The summed E-state index contributed by atoms with van der Waals surface area (Å²) in [6, 6.07) is 0. The summed E-state index contributed by atoms with van der Waals surface area (Å²) in [5.74, 6) is 6.25. The molecule has 1 saturated heterocycles. The van der Waals surface area contributed by atoms with Crippen LogP contribution < -0.4 is 0 Å². The number of nitrogens with zero attached hydrogens (tertiary/aromatic N) is 2. The third-order valence-electron chi connectivity index (χ3n) is 4.28. The van der Waals surface area contributed by atoms with E-state index in [1.807, 2.05) is 23.9 Å². The second-order valence-corrected chi connectivity index (χ2v) is 12.3. The van der Waals surface area contributed by atoms with Crippen molar-refractivity contribution in [1.29, 1.82) is 0 Å². The predicted molar refractivity (Wildman–Crippen MR) is 89.6 cm³/mol. The topological polar surface area (TPSA) is 32.8 Å². The second-order valence-electron chi connectivity index (χ2n) is 7.51. The molecule has 0 saturated carbocycles. The number of rotatable bonds is 4. The SMILES string of the molecule is CN(C)CC#CCN1CCC(O[Si](C)(C)C(C)(C)C)C1=O. The van der Waals surface area contributed by atoms with Gasteiger partial charge in [-0.25, -0.2) is 0 Å². The molecule has 5 heteroatoms. The quantitative estimate of drug-likeness (QED) is 0.589. The minimum Gasteiger partial charge on any atom is -0.405 e. The Kier molecular flexibility index (Phi) is 6.03. The summed E-state index contributed by atoms with van der Waals surface area (Å²) >= 11 is 0. The molecule has 0 bridgehead atoms. The zero-order valence-electron chi connectivity index (χ0n) is 14.6. The van der Waals surface area contributed by atoms with Gasteiger partial charge in [0.05, 0.1) is 13.1 Å². The van der Waals surface area contributed by atoms with Crippen LogP contribution in [0, 0.1) is 11.8 Å². The van der Waals surface area contributed by atoms with Gasteiger partial charge in [-0.05, 0) is 38.6 Å². The average Bonchev–Trinajstić information content (AvgIpc) is 2.65. The molecule has 0 aromatic rings. The highest BCUT2D eigenvalue weighted by atomic mass is 28.4. The molecule has 1 unspecified atom stereocenters. The van der Waals surface area contributed by atoms with Gasteiger partial charge in [-0.15, -0.1) is 0 Å².